The van der Waals surface area contributed by atoms with Crippen LogP contribution in [-0.2, 0) is 9.59 Å². The van der Waals surface area contributed by atoms with Gasteiger partial charge in [0.2, 0.25) is 5.91 Å². The Bertz CT molecular complexity index is 1060. The van der Waals surface area contributed by atoms with E-state index in [0.717, 1.165) is 28.9 Å². The number of hydrogen-bond acceptors (Lipinski definition) is 5. The highest BCUT2D eigenvalue weighted by Crippen LogP contribution is 2.36. The molecule has 4 rings (SSSR count). The smallest absolute Gasteiger partial charge is 0.259 e. The molecule has 0 saturated heterocycles. The van der Waals surface area contributed by atoms with Crippen LogP contribution >= 0.6 is 11.8 Å². The number of aryl methyl sites for hydroxylation is 1. The van der Waals surface area contributed by atoms with E-state index in [1.807, 2.05) is 69.3 Å². The molecule has 0 fully saturated rings. The number of aliphatic imine (C=N–C) groups is 2. The third kappa shape index (κ3) is 4.28. The molecule has 2 atom stereocenters. The highest BCUT2D eigenvalue weighted by atomic mass is 32.2. The minimum atomic E-state index is -0.390. The van der Waals surface area contributed by atoms with E-state index in [4.69, 9.17) is 9.98 Å². The summed E-state index contributed by atoms with van der Waals surface area (Å²) in [4.78, 5) is 37.2. The van der Waals surface area contributed by atoms with E-state index in [1.165, 1.54) is 11.8 Å². The predicted molar refractivity (Wildman–Crippen MR) is 127 cm³/mol. The summed E-state index contributed by atoms with van der Waals surface area (Å²) in [6.07, 6.45) is 2.18. The zero-order valence-corrected chi connectivity index (χ0v) is 18.8. The van der Waals surface area contributed by atoms with Gasteiger partial charge < -0.3 is 5.32 Å². The summed E-state index contributed by atoms with van der Waals surface area (Å²) in [5, 5.41) is 3.12. The van der Waals surface area contributed by atoms with E-state index in [1.54, 1.807) is 4.90 Å². The van der Waals surface area contributed by atoms with Gasteiger partial charge >= 0.3 is 0 Å². The van der Waals surface area contributed by atoms with Gasteiger partial charge in [0.1, 0.15) is 11.9 Å². The maximum Gasteiger partial charge on any atom is 0.259 e. The first-order valence-electron chi connectivity index (χ1n) is 10.7. The van der Waals surface area contributed by atoms with Crippen LogP contribution in [0.3, 0.4) is 0 Å². The summed E-state index contributed by atoms with van der Waals surface area (Å²) < 4.78 is 0. The van der Waals surface area contributed by atoms with Crippen LogP contribution < -0.4 is 5.32 Å². The summed E-state index contributed by atoms with van der Waals surface area (Å²) in [5.74, 6) is 0.477. The first kappa shape index (κ1) is 21.3. The van der Waals surface area contributed by atoms with Crippen LogP contribution in [0.15, 0.2) is 58.5 Å². The molecule has 2 amide bonds. The maximum atomic E-state index is 13.1. The number of carbonyl (C=O) groups is 2. The quantitative estimate of drug-likeness (QED) is 0.702. The topological polar surface area (TPSA) is 74.1 Å². The van der Waals surface area contributed by atoms with Crippen molar-refractivity contribution in [1.29, 1.82) is 0 Å². The zero-order valence-electron chi connectivity index (χ0n) is 18.0. The molecule has 31 heavy (non-hydrogen) atoms. The molecular formula is C24H26N4O2S. The fourth-order valence-corrected chi connectivity index (χ4v) is 4.67. The lowest BCUT2D eigenvalue weighted by Gasteiger charge is -2.27. The van der Waals surface area contributed by atoms with Crippen LogP contribution in [0, 0.1) is 6.92 Å². The second-order valence-corrected chi connectivity index (χ2v) is 8.88. The number of nitrogens with zero attached hydrogens (tertiary/aromatic N) is 3. The van der Waals surface area contributed by atoms with E-state index in [0.29, 0.717) is 23.8 Å². The SMILES string of the molecule is CCC[C@@H]1N=C2c3ccccc3N=C(S[C@H](CC)C(=O)Nc3ccc(C)cc3)N2C1=O. The molecule has 160 valence electrons. The van der Waals surface area contributed by atoms with Crippen molar-refractivity contribution in [2.75, 3.05) is 5.32 Å². The van der Waals surface area contributed by atoms with Gasteiger partial charge in [0.15, 0.2) is 5.17 Å². The Kier molecular flexibility index (Phi) is 6.23. The lowest BCUT2D eigenvalue weighted by Crippen LogP contribution is -2.42. The van der Waals surface area contributed by atoms with E-state index in [-0.39, 0.29) is 17.1 Å². The number of benzene rings is 2. The number of nitrogens with one attached hydrogen (secondary N) is 1. The van der Waals surface area contributed by atoms with Crippen molar-refractivity contribution < 1.29 is 9.59 Å². The number of hydrogen-bond donors (Lipinski definition) is 1. The van der Waals surface area contributed by atoms with Crippen LogP contribution in [0.4, 0.5) is 11.4 Å². The Morgan fingerprint density at radius 3 is 2.61 bits per heavy atom. The predicted octanol–water partition coefficient (Wildman–Crippen LogP) is 4.90. The van der Waals surface area contributed by atoms with Gasteiger partial charge in [-0.25, -0.2) is 9.89 Å². The number of fused-ring (bicyclic) bond motifs is 3. The largest absolute Gasteiger partial charge is 0.325 e. The lowest BCUT2D eigenvalue weighted by molar-refractivity contribution is -0.124. The molecule has 2 aliphatic rings. The number of rotatable bonds is 6. The number of amidine groups is 2. The second-order valence-electron chi connectivity index (χ2n) is 7.71. The normalized spacial score (nSPS) is 18.1. The van der Waals surface area contributed by atoms with Crippen molar-refractivity contribution in [3.8, 4) is 0 Å². The first-order valence-corrected chi connectivity index (χ1v) is 11.5. The molecular weight excluding hydrogens is 408 g/mol. The number of anilines is 1. The Balaban J connectivity index is 1.61. The summed E-state index contributed by atoms with van der Waals surface area (Å²) in [7, 11) is 0. The second kappa shape index (κ2) is 9.06. The molecule has 6 nitrogen and oxygen atoms in total. The Hall–Kier alpha value is -2.93. The molecule has 0 unspecified atom stereocenters. The Morgan fingerprint density at radius 1 is 1.16 bits per heavy atom. The highest BCUT2D eigenvalue weighted by Gasteiger charge is 2.41. The highest BCUT2D eigenvalue weighted by molar-refractivity contribution is 8.15. The Morgan fingerprint density at radius 2 is 1.90 bits per heavy atom. The molecule has 0 spiro atoms. The molecule has 0 radical (unpaired) electrons. The molecule has 0 aromatic heterocycles. The van der Waals surface area contributed by atoms with E-state index in [9.17, 15) is 9.59 Å². The summed E-state index contributed by atoms with van der Waals surface area (Å²) >= 11 is 1.32. The van der Waals surface area contributed by atoms with E-state index >= 15 is 0 Å². The molecule has 1 N–H and O–H groups in total. The van der Waals surface area contributed by atoms with Gasteiger partial charge in [-0.1, -0.05) is 61.9 Å². The molecule has 2 aliphatic heterocycles. The fourth-order valence-electron chi connectivity index (χ4n) is 3.65. The minimum Gasteiger partial charge on any atom is -0.325 e. The monoisotopic (exact) mass is 434 g/mol. The van der Waals surface area contributed by atoms with E-state index < -0.39 is 6.04 Å². The first-order chi connectivity index (χ1) is 15.0. The molecule has 0 aliphatic carbocycles. The van der Waals surface area contributed by atoms with Gasteiger partial charge in [-0.3, -0.25) is 14.6 Å². The average molecular weight is 435 g/mol. The summed E-state index contributed by atoms with van der Waals surface area (Å²) in [6, 6.07) is 15.0. The number of carbonyl (C=O) groups excluding carboxylic acids is 2. The van der Waals surface area contributed by atoms with Crippen molar-refractivity contribution >= 4 is 46.0 Å². The van der Waals surface area contributed by atoms with E-state index in [2.05, 4.69) is 5.32 Å². The Labute approximate surface area is 186 Å². The number of para-hydroxylation sites is 1. The van der Waals surface area contributed by atoms with Crippen LogP contribution in [0.5, 0.6) is 0 Å². The van der Waals surface area contributed by atoms with Gasteiger partial charge in [0.05, 0.1) is 10.9 Å². The standard InChI is InChI=1S/C24H26N4O2S/c1-4-8-19-23(30)28-21(26-19)17-9-6-7-10-18(17)27-24(28)31-20(5-2)22(29)25-16-13-11-15(3)12-14-16/h6-7,9-14,19-20H,4-5,8H2,1-3H3,(H,25,29)/t19-,20+/m0/s1. The van der Waals surface area contributed by atoms with Crippen LogP contribution in [0.25, 0.3) is 0 Å². The third-order valence-electron chi connectivity index (χ3n) is 5.34. The minimum absolute atomic E-state index is 0.0635. The van der Waals surface area contributed by atoms with Gasteiger partial charge in [-0.2, -0.15) is 0 Å². The van der Waals surface area contributed by atoms with Crippen LogP contribution in [-0.4, -0.2) is 39.0 Å². The maximum absolute atomic E-state index is 13.1. The molecule has 0 bridgehead atoms. The van der Waals surface area contributed by atoms with Crippen molar-refractivity contribution in [2.24, 2.45) is 9.98 Å². The van der Waals surface area contributed by atoms with Crippen LogP contribution in [0.1, 0.15) is 44.2 Å². The van der Waals surface area contributed by atoms with Gasteiger partial charge in [-0.15, -0.1) is 0 Å². The number of amides is 2. The van der Waals surface area contributed by atoms with Crippen LogP contribution in [0.2, 0.25) is 0 Å². The number of thioether (sulfide) groups is 1. The van der Waals surface area contributed by atoms with Gasteiger partial charge in [-0.05, 0) is 44.0 Å². The van der Waals surface area contributed by atoms with Gasteiger partial charge in [0.25, 0.3) is 5.91 Å². The molecule has 2 aromatic rings. The lowest BCUT2D eigenvalue weighted by atomic mass is 10.1. The van der Waals surface area contributed by atoms with Crippen molar-refractivity contribution in [3.63, 3.8) is 0 Å². The van der Waals surface area contributed by atoms with Crippen molar-refractivity contribution in [3.05, 3.63) is 59.7 Å². The average Bonchev–Trinajstić information content (AvgIpc) is 3.10. The molecule has 2 heterocycles. The zero-order chi connectivity index (χ0) is 22.0. The summed E-state index contributed by atoms with van der Waals surface area (Å²) in [6.45, 7) is 6.02. The third-order valence-corrected chi connectivity index (χ3v) is 6.66. The van der Waals surface area contributed by atoms with Gasteiger partial charge in [0, 0.05) is 11.3 Å². The van der Waals surface area contributed by atoms with Crippen molar-refractivity contribution in [2.45, 2.75) is 51.3 Å². The molecule has 7 heteroatoms. The molecule has 2 aromatic carbocycles. The molecule has 0 saturated carbocycles. The fraction of sp³-hybridized carbons (Fsp3) is 0.333. The summed E-state index contributed by atoms with van der Waals surface area (Å²) in [5.41, 5.74) is 3.53. The van der Waals surface area contributed by atoms with Crippen molar-refractivity contribution in [1.82, 2.24) is 4.90 Å².